The molecule has 1 aromatic rings. The van der Waals surface area contributed by atoms with Crippen LogP contribution in [0.4, 0.5) is 18.9 Å². The van der Waals surface area contributed by atoms with Crippen molar-refractivity contribution >= 4 is 23.2 Å². The Labute approximate surface area is 125 Å². The lowest BCUT2D eigenvalue weighted by atomic mass is 10.1. The van der Waals surface area contributed by atoms with Crippen LogP contribution in [0.15, 0.2) is 18.2 Å². The summed E-state index contributed by atoms with van der Waals surface area (Å²) in [7, 11) is 1.36. The molecule has 0 spiro atoms. The lowest BCUT2D eigenvalue weighted by molar-refractivity contribution is -0.153. The molecule has 0 saturated carbocycles. The number of rotatable bonds is 6. The van der Waals surface area contributed by atoms with Crippen LogP contribution in [0.3, 0.4) is 0 Å². The number of carbonyl (C=O) groups excluding carboxylic acids is 1. The molecule has 0 saturated heterocycles. The van der Waals surface area contributed by atoms with Crippen molar-refractivity contribution in [3.05, 3.63) is 23.8 Å². The quantitative estimate of drug-likeness (QED) is 0.596. The van der Waals surface area contributed by atoms with Gasteiger partial charge in [0.05, 0.1) is 5.69 Å². The minimum atomic E-state index is -4.47. The van der Waals surface area contributed by atoms with E-state index in [9.17, 15) is 18.0 Å². The average Bonchev–Trinajstić information content (AvgIpc) is 2.41. The molecule has 0 N–H and O–H groups in total. The molecule has 0 fully saturated rings. The number of amides is 1. The predicted molar refractivity (Wildman–Crippen MR) is 72.8 cm³/mol. The summed E-state index contributed by atoms with van der Waals surface area (Å²) in [4.78, 5) is 13.0. The number of hydrogen-bond acceptors (Lipinski definition) is 3. The second kappa shape index (κ2) is 7.51. The van der Waals surface area contributed by atoms with Gasteiger partial charge >= 0.3 is 6.18 Å². The van der Waals surface area contributed by atoms with Gasteiger partial charge in [-0.15, -0.1) is 11.6 Å². The fourth-order valence-corrected chi connectivity index (χ4v) is 1.86. The highest BCUT2D eigenvalue weighted by molar-refractivity contribution is 6.29. The first-order valence-electron chi connectivity index (χ1n) is 5.94. The zero-order valence-electron chi connectivity index (χ0n) is 11.5. The molecule has 0 atom stereocenters. The number of anilines is 1. The molecular formula is C13H15ClF3NO3. The van der Waals surface area contributed by atoms with E-state index < -0.39 is 18.7 Å². The molecule has 1 amide bonds. The SMILES string of the molecule is COCN(C(=O)CCl)c1c(C)cccc1OCC(F)(F)F. The van der Waals surface area contributed by atoms with Crippen molar-refractivity contribution in [2.75, 3.05) is 31.2 Å². The van der Waals surface area contributed by atoms with Gasteiger partial charge in [-0.3, -0.25) is 9.69 Å². The van der Waals surface area contributed by atoms with Crippen molar-refractivity contribution in [2.45, 2.75) is 13.1 Å². The summed E-state index contributed by atoms with van der Waals surface area (Å²) in [5.41, 5.74) is 0.791. The number of methoxy groups -OCH3 is 1. The zero-order valence-corrected chi connectivity index (χ0v) is 12.3. The van der Waals surface area contributed by atoms with Crippen molar-refractivity contribution < 1.29 is 27.4 Å². The van der Waals surface area contributed by atoms with Gasteiger partial charge in [-0.2, -0.15) is 13.2 Å². The second-order valence-corrected chi connectivity index (χ2v) is 4.47. The summed E-state index contributed by atoms with van der Waals surface area (Å²) in [6.45, 7) is 0.0675. The average molecular weight is 326 g/mol. The molecule has 118 valence electrons. The standard InChI is InChI=1S/C13H15ClF3NO3/c1-9-4-3-5-10(21-7-13(15,16)17)12(9)18(8-20-2)11(19)6-14/h3-5H,6-8H2,1-2H3. The maximum absolute atomic E-state index is 12.3. The Balaban J connectivity index is 3.15. The van der Waals surface area contributed by atoms with Gasteiger partial charge in [-0.25, -0.2) is 0 Å². The Morgan fingerprint density at radius 3 is 2.57 bits per heavy atom. The van der Waals surface area contributed by atoms with Gasteiger partial charge in [-0.05, 0) is 18.6 Å². The highest BCUT2D eigenvalue weighted by Crippen LogP contribution is 2.33. The van der Waals surface area contributed by atoms with Gasteiger partial charge in [0.1, 0.15) is 18.4 Å². The maximum atomic E-state index is 12.3. The number of nitrogens with zero attached hydrogens (tertiary/aromatic N) is 1. The molecule has 0 heterocycles. The summed E-state index contributed by atoms with van der Waals surface area (Å²) in [6.07, 6.45) is -4.47. The number of benzene rings is 1. The van der Waals surface area contributed by atoms with Crippen LogP contribution in [0.25, 0.3) is 0 Å². The zero-order chi connectivity index (χ0) is 16.0. The van der Waals surface area contributed by atoms with E-state index in [0.29, 0.717) is 5.56 Å². The number of ether oxygens (including phenoxy) is 2. The van der Waals surface area contributed by atoms with Crippen LogP contribution < -0.4 is 9.64 Å². The summed E-state index contributed by atoms with van der Waals surface area (Å²) < 4.78 is 46.6. The molecule has 1 aromatic carbocycles. The highest BCUT2D eigenvalue weighted by Gasteiger charge is 2.30. The Morgan fingerprint density at radius 1 is 1.38 bits per heavy atom. The van der Waals surface area contributed by atoms with E-state index in [1.165, 1.54) is 13.2 Å². The smallest absolute Gasteiger partial charge is 0.422 e. The minimum absolute atomic E-state index is 0.0529. The molecule has 0 aromatic heterocycles. The van der Waals surface area contributed by atoms with Crippen LogP contribution >= 0.6 is 11.6 Å². The van der Waals surface area contributed by atoms with E-state index in [4.69, 9.17) is 21.1 Å². The second-order valence-electron chi connectivity index (χ2n) is 4.20. The van der Waals surface area contributed by atoms with Crippen LogP contribution in [0.5, 0.6) is 5.75 Å². The number of hydrogen-bond donors (Lipinski definition) is 0. The Kier molecular flexibility index (Phi) is 6.29. The number of carbonyl (C=O) groups is 1. The van der Waals surface area contributed by atoms with E-state index in [1.807, 2.05) is 0 Å². The third kappa shape index (κ3) is 5.09. The lowest BCUT2D eigenvalue weighted by Gasteiger charge is -2.25. The Bertz CT molecular complexity index is 494. The molecule has 0 aliphatic heterocycles. The van der Waals surface area contributed by atoms with Crippen molar-refractivity contribution in [1.82, 2.24) is 0 Å². The van der Waals surface area contributed by atoms with Gasteiger partial charge in [-0.1, -0.05) is 12.1 Å². The summed E-state index contributed by atoms with van der Waals surface area (Å²) in [6, 6.07) is 4.55. The van der Waals surface area contributed by atoms with Crippen molar-refractivity contribution in [2.24, 2.45) is 0 Å². The highest BCUT2D eigenvalue weighted by atomic mass is 35.5. The van der Waals surface area contributed by atoms with Crippen LogP contribution in [-0.2, 0) is 9.53 Å². The van der Waals surface area contributed by atoms with E-state index >= 15 is 0 Å². The van der Waals surface area contributed by atoms with Crippen molar-refractivity contribution in [3.63, 3.8) is 0 Å². The molecule has 0 bridgehead atoms. The molecule has 0 unspecified atom stereocenters. The molecule has 1 rings (SSSR count). The van der Waals surface area contributed by atoms with Gasteiger partial charge in [0.2, 0.25) is 5.91 Å². The summed E-state index contributed by atoms with van der Waals surface area (Å²) in [5, 5.41) is 0. The molecule has 0 aliphatic rings. The van der Waals surface area contributed by atoms with Gasteiger partial charge < -0.3 is 9.47 Å². The van der Waals surface area contributed by atoms with E-state index in [1.54, 1.807) is 19.1 Å². The monoisotopic (exact) mass is 325 g/mol. The van der Waals surface area contributed by atoms with Gasteiger partial charge in [0.25, 0.3) is 0 Å². The Morgan fingerprint density at radius 2 is 2.05 bits per heavy atom. The van der Waals surface area contributed by atoms with Gasteiger partial charge in [0.15, 0.2) is 6.61 Å². The van der Waals surface area contributed by atoms with E-state index in [-0.39, 0.29) is 24.0 Å². The fourth-order valence-electron chi connectivity index (χ4n) is 1.72. The molecule has 4 nitrogen and oxygen atoms in total. The van der Waals surface area contributed by atoms with Crippen molar-refractivity contribution in [3.8, 4) is 5.75 Å². The first-order chi connectivity index (χ1) is 9.80. The van der Waals surface area contributed by atoms with Crippen LogP contribution in [0.1, 0.15) is 5.56 Å². The number of aryl methyl sites for hydroxylation is 1. The third-order valence-electron chi connectivity index (χ3n) is 2.54. The van der Waals surface area contributed by atoms with E-state index in [0.717, 1.165) is 4.90 Å². The Hall–Kier alpha value is -1.47. The fraction of sp³-hybridized carbons (Fsp3) is 0.462. The number of halogens is 4. The molecule has 21 heavy (non-hydrogen) atoms. The minimum Gasteiger partial charge on any atom is -0.482 e. The largest absolute Gasteiger partial charge is 0.482 e. The third-order valence-corrected chi connectivity index (χ3v) is 2.76. The molecule has 0 radical (unpaired) electrons. The van der Waals surface area contributed by atoms with Crippen LogP contribution in [0, 0.1) is 6.92 Å². The summed E-state index contributed by atoms with van der Waals surface area (Å²) in [5.74, 6) is -0.872. The number of alkyl halides is 4. The first kappa shape index (κ1) is 17.6. The first-order valence-corrected chi connectivity index (χ1v) is 6.48. The topological polar surface area (TPSA) is 38.8 Å². The lowest BCUT2D eigenvalue weighted by Crippen LogP contribution is -2.35. The molecule has 8 heteroatoms. The molecule has 0 aliphatic carbocycles. The van der Waals surface area contributed by atoms with Gasteiger partial charge in [0, 0.05) is 7.11 Å². The maximum Gasteiger partial charge on any atom is 0.422 e. The number of para-hydroxylation sites is 1. The van der Waals surface area contributed by atoms with E-state index in [2.05, 4.69) is 0 Å². The summed E-state index contributed by atoms with van der Waals surface area (Å²) >= 11 is 5.52. The normalized spacial score (nSPS) is 11.3. The molecular weight excluding hydrogens is 311 g/mol. The van der Waals surface area contributed by atoms with Crippen LogP contribution in [-0.4, -0.2) is 38.4 Å². The predicted octanol–water partition coefficient (Wildman–Crippen LogP) is 3.11. The van der Waals surface area contributed by atoms with Crippen LogP contribution in [0.2, 0.25) is 0 Å². The van der Waals surface area contributed by atoms with Crippen molar-refractivity contribution in [1.29, 1.82) is 0 Å².